The molecule has 110 valence electrons. The maximum Gasteiger partial charge on any atom is 0.316 e. The normalized spacial score (nSPS) is 17.4. The third-order valence-corrected chi connectivity index (χ3v) is 4.57. The first-order valence-electron chi connectivity index (χ1n) is 6.68. The second kappa shape index (κ2) is 7.20. The fourth-order valence-electron chi connectivity index (χ4n) is 2.15. The summed E-state index contributed by atoms with van der Waals surface area (Å²) in [4.78, 5) is 14.2. The number of hydrogen-bond acceptors (Lipinski definition) is 3. The lowest BCUT2D eigenvalue weighted by Crippen LogP contribution is -2.39. The number of carbonyl (C=O) groups is 1. The first-order chi connectivity index (χ1) is 9.58. The fraction of sp³-hybridized carbons (Fsp3) is 0.500. The van der Waals surface area contributed by atoms with E-state index in [2.05, 4.69) is 16.7 Å². The Labute approximate surface area is 129 Å². The van der Waals surface area contributed by atoms with E-state index in [0.717, 1.165) is 23.7 Å². The summed E-state index contributed by atoms with van der Waals surface area (Å²) in [5.41, 5.74) is 1.27. The summed E-state index contributed by atoms with van der Waals surface area (Å²) in [6.07, 6.45) is 1.08. The van der Waals surface area contributed by atoms with Crippen LogP contribution in [0.15, 0.2) is 23.1 Å². The van der Waals surface area contributed by atoms with Gasteiger partial charge in [-0.25, -0.2) is 4.79 Å². The molecule has 1 aromatic rings. The van der Waals surface area contributed by atoms with Gasteiger partial charge in [0.15, 0.2) is 0 Å². The highest BCUT2D eigenvalue weighted by Gasteiger charge is 2.20. The summed E-state index contributed by atoms with van der Waals surface area (Å²) in [5.74, 6) is 1.11. The highest BCUT2D eigenvalue weighted by molar-refractivity contribution is 7.99. The lowest BCUT2D eigenvalue weighted by atomic mass is 10.0. The number of nitrogens with one attached hydrogen (secondary N) is 2. The first kappa shape index (κ1) is 15.5. The van der Waals surface area contributed by atoms with E-state index in [9.17, 15) is 4.79 Å². The van der Waals surface area contributed by atoms with Crippen molar-refractivity contribution in [2.45, 2.75) is 17.4 Å². The van der Waals surface area contributed by atoms with Crippen molar-refractivity contribution in [1.82, 2.24) is 15.5 Å². The van der Waals surface area contributed by atoms with Gasteiger partial charge < -0.3 is 15.5 Å². The second-order valence-electron chi connectivity index (χ2n) is 4.95. The van der Waals surface area contributed by atoms with Crippen molar-refractivity contribution in [1.29, 1.82) is 0 Å². The van der Waals surface area contributed by atoms with Crippen LogP contribution in [0.2, 0.25) is 5.02 Å². The molecule has 1 heterocycles. The second-order valence-corrected chi connectivity index (χ2v) is 6.53. The minimum Gasteiger partial charge on any atom is -0.337 e. The molecule has 0 aliphatic carbocycles. The molecule has 0 radical (unpaired) electrons. The zero-order valence-electron chi connectivity index (χ0n) is 11.8. The molecule has 6 heteroatoms. The summed E-state index contributed by atoms with van der Waals surface area (Å²) < 4.78 is 0. The van der Waals surface area contributed by atoms with Gasteiger partial charge >= 0.3 is 6.03 Å². The van der Waals surface area contributed by atoms with E-state index in [1.165, 1.54) is 15.4 Å². The van der Waals surface area contributed by atoms with E-state index >= 15 is 0 Å². The van der Waals surface area contributed by atoms with Gasteiger partial charge in [0.2, 0.25) is 0 Å². The van der Waals surface area contributed by atoms with Crippen LogP contribution in [0.25, 0.3) is 0 Å². The van der Waals surface area contributed by atoms with Crippen molar-refractivity contribution >= 4 is 29.4 Å². The van der Waals surface area contributed by atoms with Crippen LogP contribution in [-0.4, -0.2) is 43.9 Å². The molecule has 2 amide bonds. The predicted octanol–water partition coefficient (Wildman–Crippen LogP) is 2.74. The summed E-state index contributed by atoms with van der Waals surface area (Å²) in [5, 5.41) is 7.12. The number of amides is 2. The number of halogens is 1. The number of benzene rings is 1. The Hall–Kier alpha value is -0.910. The quantitative estimate of drug-likeness (QED) is 0.840. The van der Waals surface area contributed by atoms with Crippen LogP contribution in [0, 0.1) is 0 Å². The van der Waals surface area contributed by atoms with Crippen molar-refractivity contribution in [3.8, 4) is 0 Å². The lowest BCUT2D eigenvalue weighted by molar-refractivity contribution is 0.217. The Morgan fingerprint density at radius 2 is 2.25 bits per heavy atom. The van der Waals surface area contributed by atoms with Crippen LogP contribution >= 0.6 is 23.4 Å². The summed E-state index contributed by atoms with van der Waals surface area (Å²) in [6.45, 7) is 1.37. The molecule has 4 nitrogen and oxygen atoms in total. The van der Waals surface area contributed by atoms with E-state index in [4.69, 9.17) is 11.6 Å². The molecule has 1 aliphatic rings. The number of thioether (sulfide) groups is 1. The van der Waals surface area contributed by atoms with Crippen LogP contribution in [0.1, 0.15) is 18.0 Å². The van der Waals surface area contributed by atoms with Crippen LogP contribution in [0.3, 0.4) is 0 Å². The van der Waals surface area contributed by atoms with E-state index in [1.54, 1.807) is 14.1 Å². The van der Waals surface area contributed by atoms with Crippen molar-refractivity contribution < 1.29 is 4.79 Å². The van der Waals surface area contributed by atoms with Gasteiger partial charge in [0.05, 0.1) is 0 Å². The minimum atomic E-state index is -0.0607. The number of fused-ring (bicyclic) bond motifs is 1. The van der Waals surface area contributed by atoms with Crippen LogP contribution < -0.4 is 10.6 Å². The molecule has 0 spiro atoms. The minimum absolute atomic E-state index is 0.0607. The summed E-state index contributed by atoms with van der Waals surface area (Å²) >= 11 is 7.95. The molecule has 2 rings (SSSR count). The molecular weight excluding hydrogens is 294 g/mol. The highest BCUT2D eigenvalue weighted by Crippen LogP contribution is 2.37. The van der Waals surface area contributed by atoms with Gasteiger partial charge in [-0.05, 0) is 35.9 Å². The van der Waals surface area contributed by atoms with Crippen LogP contribution in [0.4, 0.5) is 4.79 Å². The Morgan fingerprint density at radius 3 is 3.00 bits per heavy atom. The number of carbonyl (C=O) groups excluding carboxylic acids is 1. The maximum absolute atomic E-state index is 11.4. The van der Waals surface area contributed by atoms with Crippen LogP contribution in [-0.2, 0) is 0 Å². The smallest absolute Gasteiger partial charge is 0.316 e. The van der Waals surface area contributed by atoms with Gasteiger partial charge in [0, 0.05) is 43.1 Å². The van der Waals surface area contributed by atoms with Gasteiger partial charge in [-0.15, -0.1) is 11.8 Å². The van der Waals surface area contributed by atoms with Gasteiger partial charge in [-0.3, -0.25) is 0 Å². The number of rotatable bonds is 4. The number of hydrogen-bond donors (Lipinski definition) is 2. The lowest BCUT2D eigenvalue weighted by Gasteiger charge is -2.26. The van der Waals surface area contributed by atoms with Crippen molar-refractivity contribution in [2.75, 3.05) is 32.9 Å². The molecule has 2 N–H and O–H groups in total. The van der Waals surface area contributed by atoms with Gasteiger partial charge in [0.25, 0.3) is 0 Å². The fourth-order valence-corrected chi connectivity index (χ4v) is 3.44. The van der Waals surface area contributed by atoms with Crippen molar-refractivity contribution in [3.63, 3.8) is 0 Å². The SMILES string of the molecule is CN(C)C(=O)NCCNC1CCSc2ccc(Cl)cc21. The average molecular weight is 314 g/mol. The van der Waals surface area contributed by atoms with Gasteiger partial charge in [-0.2, -0.15) is 0 Å². The highest BCUT2D eigenvalue weighted by atomic mass is 35.5. The molecular formula is C14H20ClN3OS. The standard InChI is InChI=1S/C14H20ClN3OS/c1-18(2)14(19)17-7-6-16-12-5-8-20-13-4-3-10(15)9-11(12)13/h3-4,9,12,16H,5-8H2,1-2H3,(H,17,19). The molecule has 0 aromatic heterocycles. The topological polar surface area (TPSA) is 44.4 Å². The third-order valence-electron chi connectivity index (χ3n) is 3.21. The van der Waals surface area contributed by atoms with Crippen LogP contribution in [0.5, 0.6) is 0 Å². The molecule has 0 saturated carbocycles. The zero-order valence-corrected chi connectivity index (χ0v) is 13.4. The Bertz CT molecular complexity index is 481. The average Bonchev–Trinajstić information content (AvgIpc) is 2.43. The first-order valence-corrected chi connectivity index (χ1v) is 8.05. The molecule has 1 aromatic carbocycles. The van der Waals surface area contributed by atoms with Crippen molar-refractivity contribution in [2.24, 2.45) is 0 Å². The summed E-state index contributed by atoms with van der Waals surface area (Å²) in [7, 11) is 3.47. The monoisotopic (exact) mass is 313 g/mol. The molecule has 0 fully saturated rings. The predicted molar refractivity (Wildman–Crippen MR) is 84.6 cm³/mol. The van der Waals surface area contributed by atoms with Gasteiger partial charge in [-0.1, -0.05) is 11.6 Å². The number of nitrogens with zero attached hydrogens (tertiary/aromatic N) is 1. The van der Waals surface area contributed by atoms with E-state index in [0.29, 0.717) is 12.6 Å². The van der Waals surface area contributed by atoms with E-state index in [1.807, 2.05) is 23.9 Å². The van der Waals surface area contributed by atoms with Crippen molar-refractivity contribution in [3.05, 3.63) is 28.8 Å². The molecule has 0 saturated heterocycles. The van der Waals surface area contributed by atoms with Gasteiger partial charge in [0.1, 0.15) is 0 Å². The third kappa shape index (κ3) is 4.04. The molecule has 1 unspecified atom stereocenters. The Balaban J connectivity index is 1.86. The number of urea groups is 1. The Morgan fingerprint density at radius 1 is 1.45 bits per heavy atom. The van der Waals surface area contributed by atoms with E-state index in [-0.39, 0.29) is 6.03 Å². The molecule has 0 bridgehead atoms. The maximum atomic E-state index is 11.4. The largest absolute Gasteiger partial charge is 0.337 e. The molecule has 20 heavy (non-hydrogen) atoms. The molecule has 1 atom stereocenters. The summed E-state index contributed by atoms with van der Waals surface area (Å²) in [6, 6.07) is 6.33. The molecule has 1 aliphatic heterocycles. The Kier molecular flexibility index (Phi) is 5.57. The van der Waals surface area contributed by atoms with E-state index < -0.39 is 0 Å². The zero-order chi connectivity index (χ0) is 14.5.